The highest BCUT2D eigenvalue weighted by molar-refractivity contribution is 7.90. The molecule has 18 heavy (non-hydrogen) atoms. The summed E-state index contributed by atoms with van der Waals surface area (Å²) in [4.78, 5) is 14.1. The van der Waals surface area contributed by atoms with Crippen LogP contribution in [-0.2, 0) is 9.84 Å². The summed E-state index contributed by atoms with van der Waals surface area (Å²) in [6.45, 7) is 0. The van der Waals surface area contributed by atoms with Crippen LogP contribution in [0.2, 0.25) is 0 Å². The molecule has 2 aromatic rings. The second-order valence-electron chi connectivity index (χ2n) is 3.65. The molecular formula is C10H9N3O4S. The van der Waals surface area contributed by atoms with Crippen molar-refractivity contribution >= 4 is 15.5 Å². The number of nitro groups is 1. The van der Waals surface area contributed by atoms with Crippen LogP contribution >= 0.6 is 0 Å². The number of nitrogens with zero attached hydrogens (tertiary/aromatic N) is 3. The molecule has 0 amide bonds. The molecule has 0 unspecified atom stereocenters. The summed E-state index contributed by atoms with van der Waals surface area (Å²) in [5.74, 6) is 0. The molecule has 0 aliphatic rings. The Morgan fingerprint density at radius 2 is 2.11 bits per heavy atom. The summed E-state index contributed by atoms with van der Waals surface area (Å²) in [5.41, 5.74) is -0.0131. The van der Waals surface area contributed by atoms with Crippen molar-refractivity contribution in [3.8, 4) is 5.69 Å². The fourth-order valence-electron chi connectivity index (χ4n) is 1.50. The van der Waals surface area contributed by atoms with Crippen molar-refractivity contribution in [2.24, 2.45) is 0 Å². The Balaban J connectivity index is 2.67. The molecule has 0 spiro atoms. The fourth-order valence-corrected chi connectivity index (χ4v) is 2.14. The van der Waals surface area contributed by atoms with Crippen molar-refractivity contribution < 1.29 is 13.3 Å². The predicted molar refractivity (Wildman–Crippen MR) is 63.3 cm³/mol. The monoisotopic (exact) mass is 267 g/mol. The second kappa shape index (κ2) is 4.22. The highest BCUT2D eigenvalue weighted by Gasteiger charge is 2.19. The maximum Gasteiger partial charge on any atom is 0.294 e. The Kier molecular flexibility index (Phi) is 2.87. The minimum atomic E-state index is -3.47. The summed E-state index contributed by atoms with van der Waals surface area (Å²) in [6, 6.07) is 3.76. The van der Waals surface area contributed by atoms with E-state index in [0.717, 1.165) is 12.3 Å². The first-order chi connectivity index (χ1) is 8.39. The first-order valence-electron chi connectivity index (χ1n) is 4.86. The van der Waals surface area contributed by atoms with E-state index in [1.54, 1.807) is 6.20 Å². The van der Waals surface area contributed by atoms with E-state index >= 15 is 0 Å². The molecule has 0 N–H and O–H groups in total. The zero-order valence-corrected chi connectivity index (χ0v) is 10.2. The van der Waals surface area contributed by atoms with Gasteiger partial charge in [0.05, 0.1) is 16.1 Å². The summed E-state index contributed by atoms with van der Waals surface area (Å²) >= 11 is 0. The summed E-state index contributed by atoms with van der Waals surface area (Å²) in [5, 5.41) is 11.0. The SMILES string of the molecule is CS(=O)(=O)c1ccc(-n2ccnc2)c([N+](=O)[O-])c1. The smallest absolute Gasteiger partial charge is 0.294 e. The van der Waals surface area contributed by atoms with E-state index in [1.165, 1.54) is 29.2 Å². The van der Waals surface area contributed by atoms with Crippen LogP contribution in [0.25, 0.3) is 5.69 Å². The summed E-state index contributed by atoms with van der Waals surface area (Å²) in [7, 11) is -3.47. The van der Waals surface area contributed by atoms with Gasteiger partial charge < -0.3 is 4.57 Å². The number of imidazole rings is 1. The highest BCUT2D eigenvalue weighted by atomic mass is 32.2. The third kappa shape index (κ3) is 2.23. The normalized spacial score (nSPS) is 11.4. The fraction of sp³-hybridized carbons (Fsp3) is 0.100. The van der Waals surface area contributed by atoms with Crippen LogP contribution in [0.5, 0.6) is 0 Å². The molecule has 0 aliphatic heterocycles. The largest absolute Gasteiger partial charge is 0.300 e. The molecule has 8 heteroatoms. The lowest BCUT2D eigenvalue weighted by Gasteiger charge is -2.05. The van der Waals surface area contributed by atoms with Crippen LogP contribution in [0.3, 0.4) is 0 Å². The van der Waals surface area contributed by atoms with Gasteiger partial charge in [0.25, 0.3) is 5.69 Å². The molecule has 7 nitrogen and oxygen atoms in total. The average Bonchev–Trinajstić information content (AvgIpc) is 2.80. The van der Waals surface area contributed by atoms with E-state index in [2.05, 4.69) is 4.98 Å². The minimum Gasteiger partial charge on any atom is -0.300 e. The van der Waals surface area contributed by atoms with E-state index < -0.39 is 14.8 Å². The van der Waals surface area contributed by atoms with Gasteiger partial charge in [0, 0.05) is 24.7 Å². The third-order valence-electron chi connectivity index (χ3n) is 2.35. The van der Waals surface area contributed by atoms with E-state index in [-0.39, 0.29) is 16.3 Å². The Bertz CT molecular complexity index is 692. The van der Waals surface area contributed by atoms with Crippen LogP contribution in [0.4, 0.5) is 5.69 Å². The van der Waals surface area contributed by atoms with Gasteiger partial charge in [-0.25, -0.2) is 13.4 Å². The molecule has 1 aromatic carbocycles. The Morgan fingerprint density at radius 3 is 2.61 bits per heavy atom. The first kappa shape index (κ1) is 12.2. The van der Waals surface area contributed by atoms with Gasteiger partial charge in [0.1, 0.15) is 5.69 Å². The molecule has 0 radical (unpaired) electrons. The molecule has 0 saturated carbocycles. The van der Waals surface area contributed by atoms with E-state index in [0.29, 0.717) is 0 Å². The van der Waals surface area contributed by atoms with Crippen LogP contribution in [0, 0.1) is 10.1 Å². The maximum absolute atomic E-state index is 11.4. The van der Waals surface area contributed by atoms with Gasteiger partial charge in [-0.3, -0.25) is 10.1 Å². The Morgan fingerprint density at radius 1 is 1.39 bits per heavy atom. The zero-order valence-electron chi connectivity index (χ0n) is 9.35. The van der Waals surface area contributed by atoms with Gasteiger partial charge in [-0.2, -0.15) is 0 Å². The molecule has 1 heterocycles. The van der Waals surface area contributed by atoms with Gasteiger partial charge in [0.2, 0.25) is 0 Å². The molecule has 0 fully saturated rings. The number of rotatable bonds is 3. The number of hydrogen-bond acceptors (Lipinski definition) is 5. The standard InChI is InChI=1S/C10H9N3O4S/c1-18(16,17)8-2-3-9(10(6-8)13(14)15)12-5-4-11-7-12/h2-7H,1H3. The van der Waals surface area contributed by atoms with Crippen LogP contribution in [0.1, 0.15) is 0 Å². The molecule has 0 saturated heterocycles. The van der Waals surface area contributed by atoms with E-state index in [4.69, 9.17) is 0 Å². The highest BCUT2D eigenvalue weighted by Crippen LogP contribution is 2.26. The number of hydrogen-bond donors (Lipinski definition) is 0. The first-order valence-corrected chi connectivity index (χ1v) is 6.75. The maximum atomic E-state index is 11.4. The van der Waals surface area contributed by atoms with Crippen LogP contribution in [-0.4, -0.2) is 29.1 Å². The van der Waals surface area contributed by atoms with Crippen LogP contribution < -0.4 is 0 Å². The molecule has 94 valence electrons. The van der Waals surface area contributed by atoms with E-state index in [1.807, 2.05) is 0 Å². The molecule has 0 aliphatic carbocycles. The average molecular weight is 267 g/mol. The van der Waals surface area contributed by atoms with Gasteiger partial charge in [-0.05, 0) is 12.1 Å². The topological polar surface area (TPSA) is 95.1 Å². The van der Waals surface area contributed by atoms with Crippen molar-refractivity contribution in [3.05, 3.63) is 47.0 Å². The third-order valence-corrected chi connectivity index (χ3v) is 3.46. The number of aromatic nitrogens is 2. The molecular weight excluding hydrogens is 258 g/mol. The van der Waals surface area contributed by atoms with Gasteiger partial charge in [0.15, 0.2) is 9.84 Å². The quantitative estimate of drug-likeness (QED) is 0.614. The predicted octanol–water partition coefficient (Wildman–Crippen LogP) is 1.18. The molecule has 0 bridgehead atoms. The van der Waals surface area contributed by atoms with Crippen LogP contribution in [0.15, 0.2) is 41.8 Å². The lowest BCUT2D eigenvalue weighted by atomic mass is 10.2. The number of nitro benzene ring substituents is 1. The lowest BCUT2D eigenvalue weighted by molar-refractivity contribution is -0.384. The van der Waals surface area contributed by atoms with Crippen molar-refractivity contribution in [2.75, 3.05) is 6.26 Å². The second-order valence-corrected chi connectivity index (χ2v) is 5.67. The Labute approximate surface area is 103 Å². The van der Waals surface area contributed by atoms with Gasteiger partial charge in [-0.1, -0.05) is 0 Å². The van der Waals surface area contributed by atoms with Gasteiger partial charge in [-0.15, -0.1) is 0 Å². The van der Waals surface area contributed by atoms with Crippen molar-refractivity contribution in [1.29, 1.82) is 0 Å². The zero-order chi connectivity index (χ0) is 13.3. The van der Waals surface area contributed by atoms with Crippen molar-refractivity contribution in [2.45, 2.75) is 4.90 Å². The van der Waals surface area contributed by atoms with Crippen molar-refractivity contribution in [1.82, 2.24) is 9.55 Å². The molecule has 2 rings (SSSR count). The Hall–Kier alpha value is -2.22. The lowest BCUT2D eigenvalue weighted by Crippen LogP contribution is -2.02. The molecule has 0 atom stereocenters. The summed E-state index contributed by atoms with van der Waals surface area (Å²) in [6.07, 6.45) is 5.43. The van der Waals surface area contributed by atoms with Crippen molar-refractivity contribution in [3.63, 3.8) is 0 Å². The number of benzene rings is 1. The van der Waals surface area contributed by atoms with Gasteiger partial charge >= 0.3 is 0 Å². The molecule has 1 aromatic heterocycles. The van der Waals surface area contributed by atoms with E-state index in [9.17, 15) is 18.5 Å². The number of sulfone groups is 1. The minimum absolute atomic E-state index is 0.0851. The summed E-state index contributed by atoms with van der Waals surface area (Å²) < 4.78 is 24.2.